The Morgan fingerprint density at radius 2 is 2.24 bits per heavy atom. The highest BCUT2D eigenvalue weighted by atomic mass is 19.1. The van der Waals surface area contributed by atoms with Gasteiger partial charge in [-0.2, -0.15) is 0 Å². The summed E-state index contributed by atoms with van der Waals surface area (Å²) in [5, 5.41) is 11.5. The van der Waals surface area contributed by atoms with Gasteiger partial charge < -0.3 is 20.1 Å². The van der Waals surface area contributed by atoms with Crippen molar-refractivity contribution in [1.29, 1.82) is 0 Å². The van der Waals surface area contributed by atoms with Gasteiger partial charge in [-0.25, -0.2) is 13.6 Å². The molecule has 5 nitrogen and oxygen atoms in total. The minimum Gasteiger partial charge on any atom is -0.494 e. The molecule has 0 saturated carbocycles. The van der Waals surface area contributed by atoms with Gasteiger partial charge in [0, 0.05) is 31.8 Å². The summed E-state index contributed by atoms with van der Waals surface area (Å²) < 4.78 is 32.0. The van der Waals surface area contributed by atoms with Crippen LogP contribution < -0.4 is 10.1 Å². The average Bonchev–Trinajstić information content (AvgIpc) is 2.50. The molecule has 2 N–H and O–H groups in total. The van der Waals surface area contributed by atoms with E-state index in [9.17, 15) is 13.6 Å². The van der Waals surface area contributed by atoms with Crippen molar-refractivity contribution in [3.8, 4) is 5.75 Å². The third kappa shape index (κ3) is 3.60. The fourth-order valence-electron chi connectivity index (χ4n) is 2.37. The summed E-state index contributed by atoms with van der Waals surface area (Å²) in [4.78, 5) is 13.6. The topological polar surface area (TPSA) is 61.8 Å². The van der Waals surface area contributed by atoms with Crippen LogP contribution in [0.15, 0.2) is 12.1 Å². The quantitative estimate of drug-likeness (QED) is 0.899. The number of likely N-dealkylation sites (tertiary alicyclic amines) is 1. The Morgan fingerprint density at radius 1 is 1.48 bits per heavy atom. The van der Waals surface area contributed by atoms with Crippen LogP contribution in [0.3, 0.4) is 0 Å². The number of anilines is 1. The number of urea groups is 1. The second-order valence-electron chi connectivity index (χ2n) is 5.03. The Bertz CT molecular complexity index is 525. The van der Waals surface area contributed by atoms with E-state index < -0.39 is 17.7 Å². The molecular formula is C14H18F2N2O3. The molecular weight excluding hydrogens is 282 g/mol. The van der Waals surface area contributed by atoms with E-state index in [1.807, 2.05) is 0 Å². The van der Waals surface area contributed by atoms with Crippen molar-refractivity contribution in [3.63, 3.8) is 0 Å². The lowest BCUT2D eigenvalue weighted by atomic mass is 9.99. The number of aliphatic hydroxyl groups is 1. The van der Waals surface area contributed by atoms with E-state index in [4.69, 9.17) is 5.11 Å². The number of aliphatic hydroxyl groups excluding tert-OH is 1. The monoisotopic (exact) mass is 300 g/mol. The molecule has 1 aliphatic heterocycles. The predicted octanol–water partition coefficient (Wildman–Crippen LogP) is 2.21. The van der Waals surface area contributed by atoms with Crippen LogP contribution in [0, 0.1) is 17.6 Å². The molecule has 0 aromatic heterocycles. The van der Waals surface area contributed by atoms with E-state index in [2.05, 4.69) is 10.1 Å². The summed E-state index contributed by atoms with van der Waals surface area (Å²) in [6, 6.07) is 1.27. The fraction of sp³-hybridized carbons (Fsp3) is 0.500. The van der Waals surface area contributed by atoms with Crippen molar-refractivity contribution < 1.29 is 23.4 Å². The molecule has 1 aromatic rings. The number of hydrogen-bond acceptors (Lipinski definition) is 3. The Morgan fingerprint density at radius 3 is 2.90 bits per heavy atom. The number of amides is 2. The lowest BCUT2D eigenvalue weighted by Gasteiger charge is -2.31. The van der Waals surface area contributed by atoms with E-state index in [1.165, 1.54) is 12.0 Å². The van der Waals surface area contributed by atoms with E-state index in [1.54, 1.807) is 0 Å². The summed E-state index contributed by atoms with van der Waals surface area (Å²) >= 11 is 0. The number of hydrogen-bond donors (Lipinski definition) is 2. The second-order valence-corrected chi connectivity index (χ2v) is 5.03. The minimum atomic E-state index is -0.766. The largest absolute Gasteiger partial charge is 0.494 e. The average molecular weight is 300 g/mol. The molecule has 2 rings (SSSR count). The van der Waals surface area contributed by atoms with E-state index >= 15 is 0 Å². The van der Waals surface area contributed by atoms with Crippen LogP contribution in [-0.4, -0.2) is 42.8 Å². The lowest BCUT2D eigenvalue weighted by molar-refractivity contribution is 0.136. The van der Waals surface area contributed by atoms with Crippen molar-refractivity contribution in [2.45, 2.75) is 12.8 Å². The maximum atomic E-state index is 13.8. The van der Waals surface area contributed by atoms with Crippen molar-refractivity contribution in [1.82, 2.24) is 4.90 Å². The molecule has 1 heterocycles. The predicted molar refractivity (Wildman–Crippen MR) is 73.3 cm³/mol. The minimum absolute atomic E-state index is 0.00923. The molecule has 1 aromatic carbocycles. The third-order valence-corrected chi connectivity index (χ3v) is 3.55. The summed E-state index contributed by atoms with van der Waals surface area (Å²) in [5.41, 5.74) is -0.232. The zero-order chi connectivity index (χ0) is 15.4. The van der Waals surface area contributed by atoms with Crippen LogP contribution in [-0.2, 0) is 0 Å². The molecule has 0 spiro atoms. The summed E-state index contributed by atoms with van der Waals surface area (Å²) in [7, 11) is 1.23. The van der Waals surface area contributed by atoms with Gasteiger partial charge in [-0.15, -0.1) is 0 Å². The standard InChI is InChI=1S/C14H18F2N2O3/c1-21-13-6-10(15)12(5-11(13)16)17-14(20)18-4-2-3-9(7-18)8-19/h5-6,9,19H,2-4,7-8H2,1H3,(H,17,20). The molecule has 1 fully saturated rings. The normalized spacial score (nSPS) is 18.5. The fourth-order valence-corrected chi connectivity index (χ4v) is 2.37. The second kappa shape index (κ2) is 6.71. The van der Waals surface area contributed by atoms with Gasteiger partial charge in [0.1, 0.15) is 0 Å². The number of piperidine rings is 1. The maximum Gasteiger partial charge on any atom is 0.321 e. The first-order valence-electron chi connectivity index (χ1n) is 6.75. The van der Waals surface area contributed by atoms with Gasteiger partial charge in [0.15, 0.2) is 17.4 Å². The lowest BCUT2D eigenvalue weighted by Crippen LogP contribution is -2.43. The Balaban J connectivity index is 2.07. The molecule has 1 aliphatic rings. The van der Waals surface area contributed by atoms with E-state index in [0.29, 0.717) is 13.1 Å². The Kier molecular flexibility index (Phi) is 4.95. The zero-order valence-electron chi connectivity index (χ0n) is 11.7. The van der Waals surface area contributed by atoms with Crippen LogP contribution in [0.25, 0.3) is 0 Å². The number of nitrogens with zero attached hydrogens (tertiary/aromatic N) is 1. The molecule has 1 atom stereocenters. The van der Waals surface area contributed by atoms with Crippen LogP contribution in [0.1, 0.15) is 12.8 Å². The number of carbonyl (C=O) groups excluding carboxylic acids is 1. The number of ether oxygens (including phenoxy) is 1. The first-order chi connectivity index (χ1) is 10.0. The molecule has 7 heteroatoms. The molecule has 0 aliphatic carbocycles. The van der Waals surface area contributed by atoms with Crippen molar-refractivity contribution in [3.05, 3.63) is 23.8 Å². The summed E-state index contributed by atoms with van der Waals surface area (Å²) in [6.45, 7) is 0.945. The van der Waals surface area contributed by atoms with Crippen LogP contribution >= 0.6 is 0 Å². The van der Waals surface area contributed by atoms with Crippen LogP contribution in [0.5, 0.6) is 5.75 Å². The highest BCUT2D eigenvalue weighted by molar-refractivity contribution is 5.89. The van der Waals surface area contributed by atoms with Gasteiger partial charge in [-0.3, -0.25) is 0 Å². The van der Waals surface area contributed by atoms with E-state index in [-0.39, 0.29) is 24.0 Å². The summed E-state index contributed by atoms with van der Waals surface area (Å²) in [5.74, 6) is -1.70. The van der Waals surface area contributed by atoms with Gasteiger partial charge >= 0.3 is 6.03 Å². The van der Waals surface area contributed by atoms with Crippen molar-refractivity contribution in [2.24, 2.45) is 5.92 Å². The number of nitrogens with one attached hydrogen (secondary N) is 1. The highest BCUT2D eigenvalue weighted by Gasteiger charge is 2.24. The first-order valence-corrected chi connectivity index (χ1v) is 6.75. The number of carbonyl (C=O) groups is 1. The number of halogens is 2. The van der Waals surface area contributed by atoms with Gasteiger partial charge in [0.2, 0.25) is 0 Å². The Hall–Kier alpha value is -1.89. The van der Waals surface area contributed by atoms with Crippen LogP contribution in [0.4, 0.5) is 19.3 Å². The molecule has 1 unspecified atom stereocenters. The van der Waals surface area contributed by atoms with Gasteiger partial charge in [-0.1, -0.05) is 0 Å². The molecule has 2 amide bonds. The number of benzene rings is 1. The maximum absolute atomic E-state index is 13.8. The molecule has 21 heavy (non-hydrogen) atoms. The zero-order valence-corrected chi connectivity index (χ0v) is 11.7. The molecule has 116 valence electrons. The van der Waals surface area contributed by atoms with Crippen molar-refractivity contribution in [2.75, 3.05) is 32.1 Å². The molecule has 0 radical (unpaired) electrons. The number of rotatable bonds is 3. The molecule has 0 bridgehead atoms. The summed E-state index contributed by atoms with van der Waals surface area (Å²) in [6.07, 6.45) is 1.63. The number of methoxy groups -OCH3 is 1. The molecule has 1 saturated heterocycles. The first kappa shape index (κ1) is 15.5. The van der Waals surface area contributed by atoms with Crippen molar-refractivity contribution >= 4 is 11.7 Å². The Labute approximate surface area is 121 Å². The third-order valence-electron chi connectivity index (χ3n) is 3.55. The van der Waals surface area contributed by atoms with Gasteiger partial charge in [0.25, 0.3) is 0 Å². The van der Waals surface area contributed by atoms with E-state index in [0.717, 1.165) is 25.0 Å². The van der Waals surface area contributed by atoms with Gasteiger partial charge in [-0.05, 0) is 18.8 Å². The van der Waals surface area contributed by atoms with Crippen LogP contribution in [0.2, 0.25) is 0 Å². The van der Waals surface area contributed by atoms with Gasteiger partial charge in [0.05, 0.1) is 12.8 Å². The highest BCUT2D eigenvalue weighted by Crippen LogP contribution is 2.25. The SMILES string of the molecule is COc1cc(F)c(NC(=O)N2CCCC(CO)C2)cc1F. The smallest absolute Gasteiger partial charge is 0.321 e.